The maximum absolute atomic E-state index is 13.6. The predicted molar refractivity (Wildman–Crippen MR) is 96.1 cm³/mol. The van der Waals surface area contributed by atoms with Crippen molar-refractivity contribution in [3.05, 3.63) is 76.0 Å². The first kappa shape index (κ1) is 18.0. The van der Waals surface area contributed by atoms with Gasteiger partial charge in [-0.25, -0.2) is 18.7 Å². The van der Waals surface area contributed by atoms with E-state index in [4.69, 9.17) is 23.2 Å². The number of nitrogens with zero attached hydrogens (tertiary/aromatic N) is 2. The number of halogens is 4. The largest absolute Gasteiger partial charge is 0.322 e. The number of benzene rings is 2. The van der Waals surface area contributed by atoms with E-state index in [1.165, 1.54) is 24.5 Å². The highest BCUT2D eigenvalue weighted by atomic mass is 35.5. The van der Waals surface area contributed by atoms with E-state index < -0.39 is 17.5 Å². The molecule has 0 fully saturated rings. The van der Waals surface area contributed by atoms with Crippen LogP contribution in [0.4, 0.5) is 26.1 Å². The average Bonchev–Trinajstić information content (AvgIpc) is 2.61. The number of hydrogen-bond acceptors (Lipinski definition) is 4. The molecular formula is C17H10Cl2F2N4O. The summed E-state index contributed by atoms with van der Waals surface area (Å²) in [6.45, 7) is 0. The molecule has 0 bridgehead atoms. The minimum absolute atomic E-state index is 0.0133. The third-order valence-corrected chi connectivity index (χ3v) is 4.01. The minimum Gasteiger partial charge on any atom is -0.322 e. The quantitative estimate of drug-likeness (QED) is 0.648. The Labute approximate surface area is 157 Å². The molecule has 2 aromatic carbocycles. The molecule has 26 heavy (non-hydrogen) atoms. The van der Waals surface area contributed by atoms with E-state index in [2.05, 4.69) is 20.6 Å². The van der Waals surface area contributed by atoms with Crippen LogP contribution in [0.1, 0.15) is 10.4 Å². The number of nitrogens with one attached hydrogen (secondary N) is 2. The summed E-state index contributed by atoms with van der Waals surface area (Å²) in [7, 11) is 0. The molecule has 1 aromatic heterocycles. The monoisotopic (exact) mass is 394 g/mol. The molecule has 0 spiro atoms. The lowest BCUT2D eigenvalue weighted by Crippen LogP contribution is -2.13. The number of carbonyl (C=O) groups is 1. The van der Waals surface area contributed by atoms with Gasteiger partial charge in [-0.05, 0) is 30.3 Å². The Bertz CT molecular complexity index is 967. The van der Waals surface area contributed by atoms with Crippen LogP contribution in [0.5, 0.6) is 0 Å². The first-order chi connectivity index (χ1) is 12.4. The number of aromatic nitrogens is 2. The molecule has 9 heteroatoms. The van der Waals surface area contributed by atoms with Gasteiger partial charge in [0, 0.05) is 24.1 Å². The maximum Gasteiger partial charge on any atom is 0.258 e. The Balaban J connectivity index is 1.70. The molecule has 2 N–H and O–H groups in total. The molecule has 0 saturated carbocycles. The number of anilines is 3. The van der Waals surface area contributed by atoms with Crippen molar-refractivity contribution in [3.63, 3.8) is 0 Å². The van der Waals surface area contributed by atoms with Gasteiger partial charge in [0.2, 0.25) is 5.95 Å². The summed E-state index contributed by atoms with van der Waals surface area (Å²) in [5, 5.41) is 5.91. The van der Waals surface area contributed by atoms with E-state index in [1.807, 2.05) is 0 Å². The molecule has 5 nitrogen and oxygen atoms in total. The lowest BCUT2D eigenvalue weighted by Gasteiger charge is -2.08. The van der Waals surface area contributed by atoms with Gasteiger partial charge in [0.05, 0.1) is 21.3 Å². The van der Waals surface area contributed by atoms with Crippen LogP contribution in [0.15, 0.2) is 48.8 Å². The van der Waals surface area contributed by atoms with Crippen LogP contribution in [0, 0.1) is 11.6 Å². The van der Waals surface area contributed by atoms with Crippen molar-refractivity contribution in [1.29, 1.82) is 0 Å². The number of carbonyl (C=O) groups excluding carboxylic acids is 1. The highest BCUT2D eigenvalue weighted by molar-refractivity contribution is 6.42. The van der Waals surface area contributed by atoms with E-state index in [-0.39, 0.29) is 17.2 Å². The van der Waals surface area contributed by atoms with Gasteiger partial charge in [-0.3, -0.25) is 4.79 Å². The zero-order valence-electron chi connectivity index (χ0n) is 12.9. The van der Waals surface area contributed by atoms with Crippen LogP contribution < -0.4 is 10.6 Å². The molecule has 0 atom stereocenters. The second-order valence-electron chi connectivity index (χ2n) is 5.13. The molecular weight excluding hydrogens is 385 g/mol. The van der Waals surface area contributed by atoms with Crippen molar-refractivity contribution in [3.8, 4) is 0 Å². The van der Waals surface area contributed by atoms with E-state index >= 15 is 0 Å². The average molecular weight is 395 g/mol. The van der Waals surface area contributed by atoms with Gasteiger partial charge in [-0.1, -0.05) is 23.2 Å². The van der Waals surface area contributed by atoms with Crippen molar-refractivity contribution in [1.82, 2.24) is 9.97 Å². The number of amides is 1. The molecule has 0 saturated heterocycles. The molecule has 0 aliphatic rings. The predicted octanol–water partition coefficient (Wildman–Crippen LogP) is 5.06. The number of rotatable bonds is 4. The van der Waals surface area contributed by atoms with Gasteiger partial charge >= 0.3 is 0 Å². The van der Waals surface area contributed by atoms with Crippen LogP contribution in [-0.4, -0.2) is 15.9 Å². The second kappa shape index (κ2) is 7.63. The fourth-order valence-electron chi connectivity index (χ4n) is 2.00. The first-order valence-electron chi connectivity index (χ1n) is 7.23. The summed E-state index contributed by atoms with van der Waals surface area (Å²) in [5.41, 5.74) is 0.653. The highest BCUT2D eigenvalue weighted by Gasteiger charge is 2.10. The lowest BCUT2D eigenvalue weighted by atomic mass is 10.2. The van der Waals surface area contributed by atoms with Crippen LogP contribution in [0.2, 0.25) is 10.0 Å². The summed E-state index contributed by atoms with van der Waals surface area (Å²) >= 11 is 11.7. The fourth-order valence-corrected chi connectivity index (χ4v) is 2.30. The Hall–Kier alpha value is -2.77. The van der Waals surface area contributed by atoms with E-state index in [9.17, 15) is 13.6 Å². The molecule has 0 aliphatic carbocycles. The normalized spacial score (nSPS) is 10.5. The molecule has 1 heterocycles. The van der Waals surface area contributed by atoms with Crippen LogP contribution in [-0.2, 0) is 0 Å². The third kappa shape index (κ3) is 4.25. The Morgan fingerprint density at radius 2 is 1.69 bits per heavy atom. The van der Waals surface area contributed by atoms with Gasteiger partial charge in [-0.2, -0.15) is 0 Å². The zero-order chi connectivity index (χ0) is 18.7. The molecule has 132 valence electrons. The fraction of sp³-hybridized carbons (Fsp3) is 0. The first-order valence-corrected chi connectivity index (χ1v) is 7.98. The van der Waals surface area contributed by atoms with E-state index in [0.29, 0.717) is 15.7 Å². The summed E-state index contributed by atoms with van der Waals surface area (Å²) in [6, 6.07) is 7.72. The summed E-state index contributed by atoms with van der Waals surface area (Å²) in [5.74, 6) is -1.87. The summed E-state index contributed by atoms with van der Waals surface area (Å²) in [4.78, 5) is 20.1. The van der Waals surface area contributed by atoms with Gasteiger partial charge in [0.1, 0.15) is 11.6 Å². The molecule has 3 aromatic rings. The van der Waals surface area contributed by atoms with Crippen LogP contribution >= 0.6 is 23.2 Å². The van der Waals surface area contributed by atoms with Crippen LogP contribution in [0.3, 0.4) is 0 Å². The zero-order valence-corrected chi connectivity index (χ0v) is 14.4. The maximum atomic E-state index is 13.6. The van der Waals surface area contributed by atoms with Crippen molar-refractivity contribution >= 4 is 46.4 Å². The van der Waals surface area contributed by atoms with Crippen molar-refractivity contribution in [2.75, 3.05) is 10.6 Å². The molecule has 3 rings (SSSR count). The Morgan fingerprint density at radius 1 is 0.962 bits per heavy atom. The van der Waals surface area contributed by atoms with Gasteiger partial charge < -0.3 is 10.6 Å². The third-order valence-electron chi connectivity index (χ3n) is 3.27. The van der Waals surface area contributed by atoms with Crippen molar-refractivity contribution in [2.24, 2.45) is 0 Å². The molecule has 0 unspecified atom stereocenters. The Morgan fingerprint density at radius 3 is 2.35 bits per heavy atom. The smallest absolute Gasteiger partial charge is 0.258 e. The van der Waals surface area contributed by atoms with E-state index in [0.717, 1.165) is 12.1 Å². The van der Waals surface area contributed by atoms with Crippen LogP contribution in [0.25, 0.3) is 0 Å². The Kier molecular flexibility index (Phi) is 5.29. The van der Waals surface area contributed by atoms with E-state index in [1.54, 1.807) is 12.1 Å². The van der Waals surface area contributed by atoms with Gasteiger partial charge in [-0.15, -0.1) is 0 Å². The topological polar surface area (TPSA) is 66.9 Å². The minimum atomic E-state index is -0.782. The standard InChI is InChI=1S/C17H10Cl2F2N4O/c18-12-3-2-11(6-13(12)19)24-16(26)9-7-22-17(23-8-9)25-15-4-1-10(20)5-14(15)21/h1-8H,(H,24,26)(H,22,23,25). The molecule has 1 amide bonds. The van der Waals surface area contributed by atoms with Crippen molar-refractivity contribution < 1.29 is 13.6 Å². The molecule has 0 aliphatic heterocycles. The van der Waals surface area contributed by atoms with Crippen molar-refractivity contribution in [2.45, 2.75) is 0 Å². The highest BCUT2D eigenvalue weighted by Crippen LogP contribution is 2.25. The second-order valence-corrected chi connectivity index (χ2v) is 5.94. The summed E-state index contributed by atoms with van der Waals surface area (Å²) < 4.78 is 26.5. The van der Waals surface area contributed by atoms with Gasteiger partial charge in [0.25, 0.3) is 5.91 Å². The number of hydrogen-bond donors (Lipinski definition) is 2. The van der Waals surface area contributed by atoms with Gasteiger partial charge in [0.15, 0.2) is 0 Å². The molecule has 0 radical (unpaired) electrons. The SMILES string of the molecule is O=C(Nc1ccc(Cl)c(Cl)c1)c1cnc(Nc2ccc(F)cc2F)nc1. The summed E-state index contributed by atoms with van der Waals surface area (Å²) in [6.07, 6.45) is 2.53. The lowest BCUT2D eigenvalue weighted by molar-refractivity contribution is 0.102.